The Balaban J connectivity index is 2.16. The fraction of sp³-hybridized carbons (Fsp3) is 0.312. The van der Waals surface area contributed by atoms with Gasteiger partial charge in [0.15, 0.2) is 5.82 Å². The van der Waals surface area contributed by atoms with Crippen molar-refractivity contribution in [3.63, 3.8) is 0 Å². The normalized spacial score (nSPS) is 13.8. The van der Waals surface area contributed by atoms with E-state index in [0.717, 1.165) is 29.8 Å². The maximum atomic E-state index is 11.5. The molecule has 0 spiro atoms. The lowest BCUT2D eigenvalue weighted by Gasteiger charge is -2.18. The zero-order chi connectivity index (χ0) is 14.1. The van der Waals surface area contributed by atoms with Crippen LogP contribution in [0.1, 0.15) is 40.2 Å². The van der Waals surface area contributed by atoms with Crippen LogP contribution in [0.4, 0.5) is 0 Å². The Labute approximate surface area is 118 Å². The van der Waals surface area contributed by atoms with E-state index >= 15 is 0 Å². The van der Waals surface area contributed by atoms with E-state index in [-0.39, 0.29) is 0 Å². The number of amides is 1. The van der Waals surface area contributed by atoms with Crippen LogP contribution in [0, 0.1) is 6.92 Å². The topological polar surface area (TPSA) is 68.9 Å². The van der Waals surface area contributed by atoms with Crippen molar-refractivity contribution in [3.05, 3.63) is 46.8 Å². The van der Waals surface area contributed by atoms with Gasteiger partial charge in [-0.1, -0.05) is 18.2 Å². The number of hydrogen-bond donors (Lipinski definition) is 1. The number of benzene rings is 1. The van der Waals surface area contributed by atoms with Crippen molar-refractivity contribution < 1.29 is 4.79 Å². The van der Waals surface area contributed by atoms with Crippen molar-refractivity contribution in [2.75, 3.05) is 0 Å². The van der Waals surface area contributed by atoms with Crippen LogP contribution < -0.4 is 5.73 Å². The van der Waals surface area contributed by atoms with Crippen LogP contribution in [0.2, 0.25) is 0 Å². The summed E-state index contributed by atoms with van der Waals surface area (Å²) in [6.45, 7) is 2.02. The number of carbonyl (C=O) groups excluding carboxylic acids is 1. The van der Waals surface area contributed by atoms with Crippen molar-refractivity contribution in [2.24, 2.45) is 5.73 Å². The quantitative estimate of drug-likeness (QED) is 0.908. The molecule has 0 saturated carbocycles. The molecule has 0 aliphatic heterocycles. The third kappa shape index (κ3) is 2.18. The van der Waals surface area contributed by atoms with E-state index in [9.17, 15) is 4.79 Å². The van der Waals surface area contributed by atoms with Crippen molar-refractivity contribution in [2.45, 2.75) is 32.6 Å². The minimum atomic E-state index is -0.445. The van der Waals surface area contributed by atoms with Gasteiger partial charge in [-0.2, -0.15) is 0 Å². The molecule has 1 heterocycles. The molecule has 2 aromatic rings. The number of fused-ring (bicyclic) bond motifs is 1. The number of rotatable bonds is 2. The van der Waals surface area contributed by atoms with Crippen molar-refractivity contribution in [1.82, 2.24) is 9.97 Å². The summed E-state index contributed by atoms with van der Waals surface area (Å²) in [6.07, 6.45) is 4.41. The van der Waals surface area contributed by atoms with Gasteiger partial charge < -0.3 is 5.73 Å². The standard InChI is InChI=1S/C16H17N3O/c1-10-11-6-4-5-9-14(11)19-16(18-10)13-8-3-2-7-12(13)15(17)20/h2-3,7-8H,4-6,9H2,1H3,(H2,17,20). The molecule has 3 rings (SSSR count). The van der Waals surface area contributed by atoms with E-state index in [4.69, 9.17) is 5.73 Å². The first-order chi connectivity index (χ1) is 9.66. The van der Waals surface area contributed by atoms with E-state index < -0.39 is 5.91 Å². The zero-order valence-corrected chi connectivity index (χ0v) is 11.5. The SMILES string of the molecule is Cc1nc(-c2ccccc2C(N)=O)nc2c1CCCC2. The predicted octanol–water partition coefficient (Wildman–Crippen LogP) is 2.43. The molecule has 0 unspecified atom stereocenters. The highest BCUT2D eigenvalue weighted by Gasteiger charge is 2.18. The summed E-state index contributed by atoms with van der Waals surface area (Å²) >= 11 is 0. The molecular formula is C16H17N3O. The molecule has 2 N–H and O–H groups in total. The van der Waals surface area contributed by atoms with Crippen LogP contribution in [-0.4, -0.2) is 15.9 Å². The maximum absolute atomic E-state index is 11.5. The Morgan fingerprint density at radius 3 is 2.70 bits per heavy atom. The van der Waals surface area contributed by atoms with Gasteiger partial charge in [-0.25, -0.2) is 9.97 Å². The number of hydrogen-bond acceptors (Lipinski definition) is 3. The number of aryl methyl sites for hydroxylation is 2. The Kier molecular flexibility index (Phi) is 3.22. The van der Waals surface area contributed by atoms with Gasteiger partial charge in [0.05, 0.1) is 5.56 Å². The molecule has 1 amide bonds. The number of nitrogens with zero attached hydrogens (tertiary/aromatic N) is 2. The van der Waals surface area contributed by atoms with Gasteiger partial charge in [-0.15, -0.1) is 0 Å². The van der Waals surface area contributed by atoms with Crippen molar-refractivity contribution in [1.29, 1.82) is 0 Å². The molecule has 1 aliphatic carbocycles. The summed E-state index contributed by atoms with van der Waals surface area (Å²) in [7, 11) is 0. The average molecular weight is 267 g/mol. The third-order valence-electron chi connectivity index (χ3n) is 3.82. The summed E-state index contributed by atoms with van der Waals surface area (Å²) in [6, 6.07) is 7.24. The molecule has 0 radical (unpaired) electrons. The fourth-order valence-electron chi connectivity index (χ4n) is 2.80. The molecular weight excluding hydrogens is 250 g/mol. The lowest BCUT2D eigenvalue weighted by molar-refractivity contribution is 0.100. The number of primary amides is 1. The van der Waals surface area contributed by atoms with Gasteiger partial charge in [0, 0.05) is 17.0 Å². The van der Waals surface area contributed by atoms with E-state index in [1.54, 1.807) is 12.1 Å². The van der Waals surface area contributed by atoms with Gasteiger partial charge >= 0.3 is 0 Å². The Morgan fingerprint density at radius 2 is 1.90 bits per heavy atom. The molecule has 0 saturated heterocycles. The molecule has 1 aromatic carbocycles. The van der Waals surface area contributed by atoms with Crippen LogP contribution in [0.15, 0.2) is 24.3 Å². The molecule has 0 fully saturated rings. The van der Waals surface area contributed by atoms with E-state index in [2.05, 4.69) is 9.97 Å². The molecule has 1 aliphatic rings. The third-order valence-corrected chi connectivity index (χ3v) is 3.82. The van der Waals surface area contributed by atoms with Gasteiger partial charge in [0.2, 0.25) is 5.91 Å². The molecule has 4 nitrogen and oxygen atoms in total. The highest BCUT2D eigenvalue weighted by molar-refractivity contribution is 5.99. The highest BCUT2D eigenvalue weighted by atomic mass is 16.1. The summed E-state index contributed by atoms with van der Waals surface area (Å²) in [4.78, 5) is 20.8. The van der Waals surface area contributed by atoms with Crippen LogP contribution in [0.5, 0.6) is 0 Å². The first kappa shape index (κ1) is 12.8. The lowest BCUT2D eigenvalue weighted by atomic mass is 9.94. The monoisotopic (exact) mass is 267 g/mol. The Morgan fingerprint density at radius 1 is 1.15 bits per heavy atom. The summed E-state index contributed by atoms with van der Waals surface area (Å²) in [5.74, 6) is 0.164. The van der Waals surface area contributed by atoms with Gasteiger partial charge in [0.1, 0.15) is 0 Å². The molecule has 0 bridgehead atoms. The molecule has 20 heavy (non-hydrogen) atoms. The molecule has 0 atom stereocenters. The van der Waals surface area contributed by atoms with Gasteiger partial charge in [-0.3, -0.25) is 4.79 Å². The molecule has 102 valence electrons. The van der Waals surface area contributed by atoms with Crippen molar-refractivity contribution in [3.8, 4) is 11.4 Å². The second-order valence-electron chi connectivity index (χ2n) is 5.17. The summed E-state index contributed by atoms with van der Waals surface area (Å²) < 4.78 is 0. The largest absolute Gasteiger partial charge is 0.366 e. The van der Waals surface area contributed by atoms with Crippen LogP contribution in [-0.2, 0) is 12.8 Å². The van der Waals surface area contributed by atoms with Crippen LogP contribution >= 0.6 is 0 Å². The molecule has 4 heteroatoms. The van der Waals surface area contributed by atoms with E-state index in [0.29, 0.717) is 11.4 Å². The minimum Gasteiger partial charge on any atom is -0.366 e. The summed E-state index contributed by atoms with van der Waals surface area (Å²) in [5.41, 5.74) is 10.0. The average Bonchev–Trinajstić information content (AvgIpc) is 2.47. The number of nitrogens with two attached hydrogens (primary N) is 1. The van der Waals surface area contributed by atoms with Crippen molar-refractivity contribution >= 4 is 5.91 Å². The zero-order valence-electron chi connectivity index (χ0n) is 11.5. The minimum absolute atomic E-state index is 0.445. The first-order valence-electron chi connectivity index (χ1n) is 6.92. The van der Waals surface area contributed by atoms with E-state index in [1.165, 1.54) is 18.4 Å². The lowest BCUT2D eigenvalue weighted by Crippen LogP contribution is -2.14. The van der Waals surface area contributed by atoms with E-state index in [1.807, 2.05) is 19.1 Å². The predicted molar refractivity (Wildman–Crippen MR) is 77.4 cm³/mol. The number of aromatic nitrogens is 2. The van der Waals surface area contributed by atoms with Crippen LogP contribution in [0.3, 0.4) is 0 Å². The summed E-state index contributed by atoms with van der Waals surface area (Å²) in [5, 5.41) is 0. The fourth-order valence-corrected chi connectivity index (χ4v) is 2.80. The second kappa shape index (κ2) is 5.04. The Bertz CT molecular complexity index is 679. The number of carbonyl (C=O) groups is 1. The first-order valence-corrected chi connectivity index (χ1v) is 6.92. The van der Waals surface area contributed by atoms with Crippen LogP contribution in [0.25, 0.3) is 11.4 Å². The maximum Gasteiger partial charge on any atom is 0.249 e. The smallest absolute Gasteiger partial charge is 0.249 e. The highest BCUT2D eigenvalue weighted by Crippen LogP contribution is 2.26. The molecule has 1 aromatic heterocycles. The van der Waals surface area contributed by atoms with Gasteiger partial charge in [0.25, 0.3) is 0 Å². The van der Waals surface area contributed by atoms with Gasteiger partial charge in [-0.05, 0) is 44.2 Å². The Hall–Kier alpha value is -2.23. The second-order valence-corrected chi connectivity index (χ2v) is 5.17.